The second kappa shape index (κ2) is 7.01. The first-order valence-electron chi connectivity index (χ1n) is 5.33. The predicted molar refractivity (Wildman–Crippen MR) is 74.3 cm³/mol. The van der Waals surface area contributed by atoms with E-state index in [0.717, 1.165) is 0 Å². The molecule has 0 heterocycles. The van der Waals surface area contributed by atoms with Crippen molar-refractivity contribution in [1.82, 2.24) is 4.72 Å². The predicted octanol–water partition coefficient (Wildman–Crippen LogP) is 2.64. The first kappa shape index (κ1) is 15.3. The summed E-state index contributed by atoms with van der Waals surface area (Å²) in [5.41, 5.74) is 0. The molecule has 0 aromatic heterocycles. The SMILES string of the molecule is CCC#CC(Cl)CNS(=O)(=O)c1ccc(Cl)cc1. The van der Waals surface area contributed by atoms with Crippen LogP contribution in [0.5, 0.6) is 0 Å². The molecule has 1 aromatic rings. The molecule has 1 N–H and O–H groups in total. The van der Waals surface area contributed by atoms with Gasteiger partial charge in [-0.05, 0) is 24.3 Å². The minimum Gasteiger partial charge on any atom is -0.209 e. The van der Waals surface area contributed by atoms with Crippen LogP contribution in [-0.2, 0) is 10.0 Å². The number of benzene rings is 1. The third kappa shape index (κ3) is 4.87. The van der Waals surface area contributed by atoms with Crippen LogP contribution in [0.15, 0.2) is 29.2 Å². The van der Waals surface area contributed by atoms with Gasteiger partial charge in [-0.15, -0.1) is 17.5 Å². The third-order valence-electron chi connectivity index (χ3n) is 2.01. The van der Waals surface area contributed by atoms with E-state index in [-0.39, 0.29) is 11.4 Å². The highest BCUT2D eigenvalue weighted by Gasteiger charge is 2.14. The number of alkyl halides is 1. The number of halogens is 2. The molecule has 0 aliphatic carbocycles. The Balaban J connectivity index is 2.68. The van der Waals surface area contributed by atoms with E-state index >= 15 is 0 Å². The lowest BCUT2D eigenvalue weighted by atomic mass is 10.4. The zero-order chi connectivity index (χ0) is 13.6. The highest BCUT2D eigenvalue weighted by molar-refractivity contribution is 7.89. The molecule has 0 spiro atoms. The van der Waals surface area contributed by atoms with Gasteiger partial charge in [0.1, 0.15) is 5.38 Å². The molecule has 0 amide bonds. The highest BCUT2D eigenvalue weighted by Crippen LogP contribution is 2.13. The fraction of sp³-hybridized carbons (Fsp3) is 0.333. The van der Waals surface area contributed by atoms with Gasteiger partial charge in [0, 0.05) is 18.0 Å². The molecule has 0 radical (unpaired) electrons. The monoisotopic (exact) mass is 305 g/mol. The zero-order valence-electron chi connectivity index (χ0n) is 9.78. The van der Waals surface area contributed by atoms with Crippen LogP contribution in [0, 0.1) is 11.8 Å². The topological polar surface area (TPSA) is 46.2 Å². The Morgan fingerprint density at radius 3 is 2.50 bits per heavy atom. The lowest BCUT2D eigenvalue weighted by molar-refractivity contribution is 0.582. The van der Waals surface area contributed by atoms with Gasteiger partial charge in [-0.2, -0.15) is 0 Å². The van der Waals surface area contributed by atoms with E-state index in [9.17, 15) is 8.42 Å². The smallest absolute Gasteiger partial charge is 0.209 e. The van der Waals surface area contributed by atoms with Crippen molar-refractivity contribution in [3.63, 3.8) is 0 Å². The Bertz CT molecular complexity index is 544. The van der Waals surface area contributed by atoms with Gasteiger partial charge in [0.25, 0.3) is 0 Å². The average molecular weight is 306 g/mol. The second-order valence-electron chi connectivity index (χ2n) is 3.45. The summed E-state index contributed by atoms with van der Waals surface area (Å²) in [6, 6.07) is 5.91. The number of hydrogen-bond donors (Lipinski definition) is 1. The summed E-state index contributed by atoms with van der Waals surface area (Å²) < 4.78 is 26.1. The minimum atomic E-state index is -3.56. The summed E-state index contributed by atoms with van der Waals surface area (Å²) >= 11 is 11.5. The van der Waals surface area contributed by atoms with Crippen LogP contribution in [-0.4, -0.2) is 20.3 Å². The van der Waals surface area contributed by atoms with Gasteiger partial charge >= 0.3 is 0 Å². The van der Waals surface area contributed by atoms with Gasteiger partial charge in [0.2, 0.25) is 10.0 Å². The quantitative estimate of drug-likeness (QED) is 0.686. The molecule has 1 atom stereocenters. The maximum Gasteiger partial charge on any atom is 0.240 e. The summed E-state index contributed by atoms with van der Waals surface area (Å²) in [7, 11) is -3.56. The summed E-state index contributed by atoms with van der Waals surface area (Å²) in [6.45, 7) is 1.97. The lowest BCUT2D eigenvalue weighted by Gasteiger charge is -2.07. The van der Waals surface area contributed by atoms with Gasteiger partial charge in [-0.1, -0.05) is 24.4 Å². The molecule has 98 valence electrons. The molecule has 0 saturated carbocycles. The van der Waals surface area contributed by atoms with Gasteiger partial charge in [-0.3, -0.25) is 0 Å². The third-order valence-corrected chi connectivity index (χ3v) is 3.97. The lowest BCUT2D eigenvalue weighted by Crippen LogP contribution is -2.29. The summed E-state index contributed by atoms with van der Waals surface area (Å²) in [4.78, 5) is 0.152. The Kier molecular flexibility index (Phi) is 5.97. The van der Waals surface area contributed by atoms with Crippen LogP contribution in [0.2, 0.25) is 5.02 Å². The highest BCUT2D eigenvalue weighted by atomic mass is 35.5. The summed E-state index contributed by atoms with van der Waals surface area (Å²) in [6.07, 6.45) is 0.688. The van der Waals surface area contributed by atoms with Crippen LogP contribution in [0.3, 0.4) is 0 Å². The van der Waals surface area contributed by atoms with Gasteiger partial charge in [-0.25, -0.2) is 13.1 Å². The second-order valence-corrected chi connectivity index (χ2v) is 6.18. The average Bonchev–Trinajstić information content (AvgIpc) is 2.34. The van der Waals surface area contributed by atoms with Gasteiger partial charge < -0.3 is 0 Å². The number of sulfonamides is 1. The van der Waals surface area contributed by atoms with Crippen LogP contribution in [0.4, 0.5) is 0 Å². The van der Waals surface area contributed by atoms with E-state index in [1.807, 2.05) is 6.92 Å². The first-order valence-corrected chi connectivity index (χ1v) is 7.63. The van der Waals surface area contributed by atoms with Crippen molar-refractivity contribution in [1.29, 1.82) is 0 Å². The van der Waals surface area contributed by atoms with Gasteiger partial charge in [0.05, 0.1) is 4.90 Å². The Morgan fingerprint density at radius 2 is 1.94 bits per heavy atom. The molecule has 1 rings (SSSR count). The van der Waals surface area contributed by atoms with Crippen molar-refractivity contribution in [3.05, 3.63) is 29.3 Å². The first-order chi connectivity index (χ1) is 8.45. The molecule has 3 nitrogen and oxygen atoms in total. The zero-order valence-corrected chi connectivity index (χ0v) is 12.1. The van der Waals surface area contributed by atoms with Crippen molar-refractivity contribution in [2.45, 2.75) is 23.6 Å². The van der Waals surface area contributed by atoms with E-state index < -0.39 is 15.4 Å². The molecule has 0 bridgehead atoms. The molecule has 0 fully saturated rings. The molecular weight excluding hydrogens is 293 g/mol. The Labute approximate surface area is 118 Å². The number of hydrogen-bond acceptors (Lipinski definition) is 2. The number of nitrogens with one attached hydrogen (secondary N) is 1. The molecule has 1 unspecified atom stereocenters. The standard InChI is InChI=1S/C12H13Cl2NO2S/c1-2-3-4-11(14)9-15-18(16,17)12-7-5-10(13)6-8-12/h5-8,11,15H,2,9H2,1H3. The molecule has 1 aromatic carbocycles. The molecule has 6 heteroatoms. The van der Waals surface area contributed by atoms with Crippen molar-refractivity contribution in [2.24, 2.45) is 0 Å². The maximum atomic E-state index is 11.9. The van der Waals surface area contributed by atoms with Gasteiger partial charge in [0.15, 0.2) is 0 Å². The minimum absolute atomic E-state index is 0.0690. The number of rotatable bonds is 4. The van der Waals surface area contributed by atoms with Crippen molar-refractivity contribution >= 4 is 33.2 Å². The molecule has 18 heavy (non-hydrogen) atoms. The largest absolute Gasteiger partial charge is 0.240 e. The van der Waals surface area contributed by atoms with Crippen LogP contribution >= 0.6 is 23.2 Å². The van der Waals surface area contributed by atoms with Crippen LogP contribution in [0.1, 0.15) is 13.3 Å². The van der Waals surface area contributed by atoms with Crippen LogP contribution in [0.25, 0.3) is 0 Å². The molecule has 0 saturated heterocycles. The fourth-order valence-corrected chi connectivity index (χ4v) is 2.56. The van der Waals surface area contributed by atoms with Crippen molar-refractivity contribution in [3.8, 4) is 11.8 Å². The van der Waals surface area contributed by atoms with E-state index in [2.05, 4.69) is 16.6 Å². The molecule has 0 aliphatic heterocycles. The van der Waals surface area contributed by atoms with E-state index in [1.165, 1.54) is 24.3 Å². The van der Waals surface area contributed by atoms with Crippen molar-refractivity contribution in [2.75, 3.05) is 6.54 Å². The fourth-order valence-electron chi connectivity index (χ4n) is 1.14. The Hall–Kier alpha value is -0.730. The van der Waals surface area contributed by atoms with Crippen molar-refractivity contribution < 1.29 is 8.42 Å². The normalized spacial score (nSPS) is 12.6. The summed E-state index contributed by atoms with van der Waals surface area (Å²) in [5, 5.41) is -0.0509. The van der Waals surface area contributed by atoms with E-state index in [1.54, 1.807) is 0 Å². The molecular formula is C12H13Cl2NO2S. The summed E-state index contributed by atoms with van der Waals surface area (Å²) in [5.74, 6) is 5.53. The van der Waals surface area contributed by atoms with E-state index in [0.29, 0.717) is 11.4 Å². The van der Waals surface area contributed by atoms with E-state index in [4.69, 9.17) is 23.2 Å². The molecule has 0 aliphatic rings. The maximum absolute atomic E-state index is 11.9. The Morgan fingerprint density at radius 1 is 1.33 bits per heavy atom. The van der Waals surface area contributed by atoms with Crippen LogP contribution < -0.4 is 4.72 Å².